The summed E-state index contributed by atoms with van der Waals surface area (Å²) in [4.78, 5) is 8.38. The summed E-state index contributed by atoms with van der Waals surface area (Å²) >= 11 is 0. The number of aromatic nitrogens is 2. The highest BCUT2D eigenvalue weighted by Gasteiger charge is 2.22. The number of rotatable bonds is 2. The predicted octanol–water partition coefficient (Wildman–Crippen LogP) is 1.37. The lowest BCUT2D eigenvalue weighted by Gasteiger charge is -2.22. The number of aryl methyl sites for hydroxylation is 1. The molecule has 1 heterocycles. The fraction of sp³-hybridized carbons (Fsp3) is 0.556. The van der Waals surface area contributed by atoms with Gasteiger partial charge in [-0.2, -0.15) is 0 Å². The molecule has 1 aromatic heterocycles. The molecule has 0 aromatic carbocycles. The summed E-state index contributed by atoms with van der Waals surface area (Å²) in [5, 5.41) is 0. The first-order valence-corrected chi connectivity index (χ1v) is 4.15. The minimum atomic E-state index is -0.349. The van der Waals surface area contributed by atoms with Crippen molar-refractivity contribution >= 4 is 0 Å². The SMILES string of the molecule is CCC(C)(N)c1nccnc1C. The first kappa shape index (κ1) is 9.13. The van der Waals surface area contributed by atoms with Crippen LogP contribution in [0.15, 0.2) is 12.4 Å². The van der Waals surface area contributed by atoms with Gasteiger partial charge >= 0.3 is 0 Å². The molecule has 0 amide bonds. The largest absolute Gasteiger partial charge is 0.320 e. The highest BCUT2D eigenvalue weighted by atomic mass is 14.9. The lowest BCUT2D eigenvalue weighted by Crippen LogP contribution is -2.34. The van der Waals surface area contributed by atoms with Gasteiger partial charge in [0.2, 0.25) is 0 Å². The van der Waals surface area contributed by atoms with Crippen molar-refractivity contribution in [2.75, 3.05) is 0 Å². The summed E-state index contributed by atoms with van der Waals surface area (Å²) in [5.41, 5.74) is 7.50. The highest BCUT2D eigenvalue weighted by molar-refractivity contribution is 5.17. The van der Waals surface area contributed by atoms with Crippen LogP contribution in [0.1, 0.15) is 31.7 Å². The van der Waals surface area contributed by atoms with Crippen LogP contribution in [0.4, 0.5) is 0 Å². The summed E-state index contributed by atoms with van der Waals surface area (Å²) in [6.07, 6.45) is 4.24. The Kier molecular flexibility index (Phi) is 2.43. The van der Waals surface area contributed by atoms with E-state index in [2.05, 4.69) is 9.97 Å². The third kappa shape index (κ3) is 1.61. The van der Waals surface area contributed by atoms with Gasteiger partial charge in [-0.15, -0.1) is 0 Å². The molecule has 12 heavy (non-hydrogen) atoms. The van der Waals surface area contributed by atoms with Crippen molar-refractivity contribution in [1.82, 2.24) is 9.97 Å². The molecule has 66 valence electrons. The quantitative estimate of drug-likeness (QED) is 0.720. The van der Waals surface area contributed by atoms with Gasteiger partial charge in [-0.3, -0.25) is 9.97 Å². The average Bonchev–Trinajstić information content (AvgIpc) is 2.05. The molecule has 3 heteroatoms. The van der Waals surface area contributed by atoms with Gasteiger partial charge in [0.1, 0.15) is 0 Å². The van der Waals surface area contributed by atoms with E-state index in [4.69, 9.17) is 5.73 Å². The minimum absolute atomic E-state index is 0.349. The first-order valence-electron chi connectivity index (χ1n) is 4.15. The minimum Gasteiger partial charge on any atom is -0.320 e. The second kappa shape index (κ2) is 3.19. The Morgan fingerprint density at radius 1 is 1.42 bits per heavy atom. The Morgan fingerprint density at radius 2 is 2.00 bits per heavy atom. The fourth-order valence-corrected chi connectivity index (χ4v) is 1.14. The maximum absolute atomic E-state index is 6.04. The fourth-order valence-electron chi connectivity index (χ4n) is 1.14. The van der Waals surface area contributed by atoms with Crippen LogP contribution < -0.4 is 5.73 Å². The van der Waals surface area contributed by atoms with E-state index in [-0.39, 0.29) is 5.54 Å². The van der Waals surface area contributed by atoms with Crippen LogP contribution in [-0.4, -0.2) is 9.97 Å². The summed E-state index contributed by atoms with van der Waals surface area (Å²) in [7, 11) is 0. The Balaban J connectivity index is 3.10. The lowest BCUT2D eigenvalue weighted by molar-refractivity contribution is 0.456. The van der Waals surface area contributed by atoms with E-state index in [0.29, 0.717) is 0 Å². The first-order chi connectivity index (χ1) is 5.58. The molecule has 0 saturated carbocycles. The van der Waals surface area contributed by atoms with E-state index < -0.39 is 0 Å². The summed E-state index contributed by atoms with van der Waals surface area (Å²) in [5.74, 6) is 0. The number of nitrogens with zero attached hydrogens (tertiary/aromatic N) is 2. The molecule has 0 saturated heterocycles. The number of hydrogen-bond acceptors (Lipinski definition) is 3. The van der Waals surface area contributed by atoms with Crippen molar-refractivity contribution in [2.24, 2.45) is 5.73 Å². The Labute approximate surface area is 73.0 Å². The van der Waals surface area contributed by atoms with Gasteiger partial charge in [0.05, 0.1) is 16.9 Å². The summed E-state index contributed by atoms with van der Waals surface area (Å²) in [6, 6.07) is 0. The van der Waals surface area contributed by atoms with Gasteiger partial charge in [-0.05, 0) is 20.3 Å². The second-order valence-corrected chi connectivity index (χ2v) is 3.26. The molecule has 0 aliphatic carbocycles. The molecule has 2 N–H and O–H groups in total. The molecule has 1 aromatic rings. The molecule has 1 unspecified atom stereocenters. The van der Waals surface area contributed by atoms with Gasteiger partial charge in [0.25, 0.3) is 0 Å². The van der Waals surface area contributed by atoms with Gasteiger partial charge in [0, 0.05) is 12.4 Å². The smallest absolute Gasteiger partial charge is 0.0811 e. The summed E-state index contributed by atoms with van der Waals surface area (Å²) in [6.45, 7) is 5.96. The molecule has 0 bridgehead atoms. The zero-order valence-corrected chi connectivity index (χ0v) is 7.83. The Bertz CT molecular complexity index is 268. The standard InChI is InChI=1S/C9H15N3/c1-4-9(3,10)8-7(2)11-5-6-12-8/h5-6H,4,10H2,1-3H3. The van der Waals surface area contributed by atoms with Gasteiger partial charge in [-0.1, -0.05) is 6.92 Å². The highest BCUT2D eigenvalue weighted by Crippen LogP contribution is 2.20. The van der Waals surface area contributed by atoms with Crippen molar-refractivity contribution in [2.45, 2.75) is 32.7 Å². The Hall–Kier alpha value is -0.960. The van der Waals surface area contributed by atoms with Crippen molar-refractivity contribution in [1.29, 1.82) is 0 Å². The van der Waals surface area contributed by atoms with E-state index >= 15 is 0 Å². The molecule has 0 aliphatic heterocycles. The zero-order chi connectivity index (χ0) is 9.19. The van der Waals surface area contributed by atoms with Crippen LogP contribution in [-0.2, 0) is 5.54 Å². The van der Waals surface area contributed by atoms with E-state index in [1.165, 1.54) is 0 Å². The predicted molar refractivity (Wildman–Crippen MR) is 48.6 cm³/mol. The molecule has 0 radical (unpaired) electrons. The van der Waals surface area contributed by atoms with E-state index in [0.717, 1.165) is 17.8 Å². The van der Waals surface area contributed by atoms with Crippen LogP contribution in [0.3, 0.4) is 0 Å². The van der Waals surface area contributed by atoms with Gasteiger partial charge in [-0.25, -0.2) is 0 Å². The third-order valence-electron chi connectivity index (χ3n) is 2.16. The molecular formula is C9H15N3. The van der Waals surface area contributed by atoms with Crippen molar-refractivity contribution in [3.05, 3.63) is 23.8 Å². The maximum Gasteiger partial charge on any atom is 0.0811 e. The molecule has 1 rings (SSSR count). The number of nitrogens with two attached hydrogens (primary N) is 1. The van der Waals surface area contributed by atoms with Crippen molar-refractivity contribution in [3.63, 3.8) is 0 Å². The lowest BCUT2D eigenvalue weighted by atomic mass is 9.94. The Morgan fingerprint density at radius 3 is 2.50 bits per heavy atom. The van der Waals surface area contributed by atoms with Crippen LogP contribution >= 0.6 is 0 Å². The van der Waals surface area contributed by atoms with Gasteiger partial charge < -0.3 is 5.73 Å². The van der Waals surface area contributed by atoms with Crippen LogP contribution in [0.25, 0.3) is 0 Å². The molecule has 1 atom stereocenters. The maximum atomic E-state index is 6.04. The third-order valence-corrected chi connectivity index (χ3v) is 2.16. The second-order valence-electron chi connectivity index (χ2n) is 3.26. The molecule has 0 fully saturated rings. The van der Waals surface area contributed by atoms with Crippen molar-refractivity contribution < 1.29 is 0 Å². The molecular weight excluding hydrogens is 150 g/mol. The van der Waals surface area contributed by atoms with E-state index in [9.17, 15) is 0 Å². The van der Waals surface area contributed by atoms with Gasteiger partial charge in [0.15, 0.2) is 0 Å². The van der Waals surface area contributed by atoms with Crippen molar-refractivity contribution in [3.8, 4) is 0 Å². The summed E-state index contributed by atoms with van der Waals surface area (Å²) < 4.78 is 0. The molecule has 0 spiro atoms. The number of hydrogen-bond donors (Lipinski definition) is 1. The van der Waals surface area contributed by atoms with E-state index in [1.54, 1.807) is 12.4 Å². The van der Waals surface area contributed by atoms with E-state index in [1.807, 2.05) is 20.8 Å². The monoisotopic (exact) mass is 165 g/mol. The molecule has 3 nitrogen and oxygen atoms in total. The topological polar surface area (TPSA) is 51.8 Å². The van der Waals surface area contributed by atoms with Crippen LogP contribution in [0.5, 0.6) is 0 Å². The van der Waals surface area contributed by atoms with Crippen LogP contribution in [0, 0.1) is 6.92 Å². The zero-order valence-electron chi connectivity index (χ0n) is 7.83. The molecule has 0 aliphatic rings. The normalized spacial score (nSPS) is 15.7. The average molecular weight is 165 g/mol. The van der Waals surface area contributed by atoms with Crippen LogP contribution in [0.2, 0.25) is 0 Å².